The summed E-state index contributed by atoms with van der Waals surface area (Å²) in [6.45, 7) is 0. The van der Waals surface area contributed by atoms with Gasteiger partial charge in [-0.2, -0.15) is 13.2 Å². The number of anilines is 1. The van der Waals surface area contributed by atoms with E-state index in [2.05, 4.69) is 4.98 Å². The molecular formula is C23H19ClF4N3O3S-. The highest BCUT2D eigenvalue weighted by atomic mass is 35.5. The maximum atomic E-state index is 14.5. The Hall–Kier alpha value is -3.02. The zero-order chi connectivity index (χ0) is 25.9. The van der Waals surface area contributed by atoms with Gasteiger partial charge in [0.2, 0.25) is 5.91 Å². The van der Waals surface area contributed by atoms with Crippen molar-refractivity contribution in [2.24, 2.45) is 5.73 Å². The SMILES string of the molecule is CN(c1ccc(C(CCc2ccc(C(F)(F)F)nc2-c2ccc(Cl)cc2)C(N)=O)cc1F)S(=O)[O-]. The van der Waals surface area contributed by atoms with Gasteiger partial charge in [0, 0.05) is 28.9 Å². The van der Waals surface area contributed by atoms with Crippen molar-refractivity contribution in [3.8, 4) is 11.3 Å². The normalized spacial score (nSPS) is 13.3. The molecule has 0 spiro atoms. The van der Waals surface area contributed by atoms with E-state index >= 15 is 0 Å². The van der Waals surface area contributed by atoms with E-state index in [1.165, 1.54) is 42.5 Å². The van der Waals surface area contributed by atoms with E-state index in [1.807, 2.05) is 0 Å². The smallest absolute Gasteiger partial charge is 0.433 e. The Bertz CT molecular complexity index is 1260. The Balaban J connectivity index is 1.94. The number of hydrogen-bond acceptors (Lipinski definition) is 4. The van der Waals surface area contributed by atoms with Crippen LogP contribution in [0.1, 0.15) is 29.2 Å². The quantitative estimate of drug-likeness (QED) is 0.329. The van der Waals surface area contributed by atoms with Crippen LogP contribution in [0, 0.1) is 5.82 Å². The highest BCUT2D eigenvalue weighted by Gasteiger charge is 2.33. The molecule has 0 radical (unpaired) electrons. The average molecular weight is 529 g/mol. The van der Waals surface area contributed by atoms with Gasteiger partial charge in [0.05, 0.1) is 17.3 Å². The molecule has 3 aromatic rings. The van der Waals surface area contributed by atoms with Gasteiger partial charge in [-0.15, -0.1) is 0 Å². The maximum Gasteiger partial charge on any atom is 0.433 e. The molecule has 0 saturated carbocycles. The van der Waals surface area contributed by atoms with E-state index in [0.717, 1.165) is 19.2 Å². The number of aryl methyl sites for hydroxylation is 1. The summed E-state index contributed by atoms with van der Waals surface area (Å²) in [5.41, 5.74) is 5.33. The summed E-state index contributed by atoms with van der Waals surface area (Å²) in [6, 6.07) is 11.8. The number of pyridine rings is 1. The fourth-order valence-electron chi connectivity index (χ4n) is 3.55. The van der Waals surface area contributed by atoms with Crippen LogP contribution in [0.2, 0.25) is 5.02 Å². The molecule has 2 unspecified atom stereocenters. The largest absolute Gasteiger partial charge is 0.755 e. The summed E-state index contributed by atoms with van der Waals surface area (Å²) in [4.78, 5) is 15.9. The molecule has 0 fully saturated rings. The minimum absolute atomic E-state index is 0.0467. The van der Waals surface area contributed by atoms with Crippen LogP contribution in [-0.4, -0.2) is 26.7 Å². The summed E-state index contributed by atoms with van der Waals surface area (Å²) in [7, 11) is 1.16. The predicted molar refractivity (Wildman–Crippen MR) is 124 cm³/mol. The Labute approximate surface area is 206 Å². The maximum absolute atomic E-state index is 14.5. The number of hydrogen-bond donors (Lipinski definition) is 1. The lowest BCUT2D eigenvalue weighted by Gasteiger charge is -2.23. The zero-order valence-corrected chi connectivity index (χ0v) is 19.8. The standard InChI is InChI=1S/C23H20ClF4N3O3S/c1-31(35(33)34)19-10-5-15(12-18(19)25)17(22(29)32)9-4-14-6-11-20(23(26,27)28)30-21(14)13-2-7-16(24)8-3-13/h2-3,5-8,10-12,17H,4,9H2,1H3,(H2,29,32)(H,33,34)/p-1. The van der Waals surface area contributed by atoms with Crippen LogP contribution in [0.4, 0.5) is 23.2 Å². The van der Waals surface area contributed by atoms with Gasteiger partial charge in [0.1, 0.15) is 11.5 Å². The first kappa shape index (κ1) is 26.6. The van der Waals surface area contributed by atoms with Gasteiger partial charge in [-0.1, -0.05) is 35.9 Å². The number of amides is 1. The summed E-state index contributed by atoms with van der Waals surface area (Å²) < 4.78 is 77.2. The number of halogens is 5. The van der Waals surface area contributed by atoms with Crippen LogP contribution >= 0.6 is 11.6 Å². The molecule has 2 N–H and O–H groups in total. The van der Waals surface area contributed by atoms with Crippen LogP contribution in [0.5, 0.6) is 0 Å². The molecule has 0 aliphatic carbocycles. The number of rotatable bonds is 8. The summed E-state index contributed by atoms with van der Waals surface area (Å²) in [6.07, 6.45) is -4.51. The van der Waals surface area contributed by atoms with Gasteiger partial charge in [0.15, 0.2) is 0 Å². The third-order valence-corrected chi connectivity index (χ3v) is 6.27. The summed E-state index contributed by atoms with van der Waals surface area (Å²) >= 11 is 3.19. The second-order valence-electron chi connectivity index (χ2n) is 7.63. The molecule has 2 aromatic carbocycles. The van der Waals surface area contributed by atoms with Crippen molar-refractivity contribution >= 4 is 34.5 Å². The fraction of sp³-hybridized carbons (Fsp3) is 0.217. The first-order valence-corrected chi connectivity index (χ1v) is 11.5. The summed E-state index contributed by atoms with van der Waals surface area (Å²) in [5.74, 6) is -2.63. The Morgan fingerprint density at radius 1 is 1.17 bits per heavy atom. The molecule has 0 aliphatic heterocycles. The van der Waals surface area contributed by atoms with Crippen LogP contribution in [-0.2, 0) is 28.7 Å². The number of nitrogens with zero attached hydrogens (tertiary/aromatic N) is 2. The Morgan fingerprint density at radius 3 is 2.37 bits per heavy atom. The van der Waals surface area contributed by atoms with Gasteiger partial charge in [-0.05, 0) is 54.3 Å². The van der Waals surface area contributed by atoms with Gasteiger partial charge in [0.25, 0.3) is 0 Å². The number of benzene rings is 2. The highest BCUT2D eigenvalue weighted by Crippen LogP contribution is 2.33. The lowest BCUT2D eigenvalue weighted by molar-refractivity contribution is -0.141. The van der Waals surface area contributed by atoms with Crippen molar-refractivity contribution in [1.29, 1.82) is 0 Å². The van der Waals surface area contributed by atoms with Crippen molar-refractivity contribution in [2.45, 2.75) is 24.9 Å². The third-order valence-electron chi connectivity index (χ3n) is 5.37. The zero-order valence-electron chi connectivity index (χ0n) is 18.2. The van der Waals surface area contributed by atoms with Crippen molar-refractivity contribution in [2.75, 3.05) is 11.4 Å². The molecule has 1 aromatic heterocycles. The third kappa shape index (κ3) is 6.36. The van der Waals surface area contributed by atoms with Crippen molar-refractivity contribution in [1.82, 2.24) is 4.98 Å². The second-order valence-corrected chi connectivity index (χ2v) is 9.05. The van der Waals surface area contributed by atoms with Gasteiger partial charge >= 0.3 is 6.18 Å². The van der Waals surface area contributed by atoms with Gasteiger partial charge < -0.3 is 14.6 Å². The molecular weight excluding hydrogens is 510 g/mol. The number of primary amides is 1. The van der Waals surface area contributed by atoms with Crippen molar-refractivity contribution in [3.05, 3.63) is 82.3 Å². The minimum atomic E-state index is -4.66. The molecule has 6 nitrogen and oxygen atoms in total. The number of aromatic nitrogens is 1. The van der Waals surface area contributed by atoms with E-state index in [0.29, 0.717) is 20.5 Å². The minimum Gasteiger partial charge on any atom is -0.755 e. The summed E-state index contributed by atoms with van der Waals surface area (Å²) in [5, 5.41) is 0.396. The molecule has 35 heavy (non-hydrogen) atoms. The van der Waals surface area contributed by atoms with E-state index < -0.39 is 40.8 Å². The van der Waals surface area contributed by atoms with E-state index in [9.17, 15) is 31.1 Å². The van der Waals surface area contributed by atoms with Crippen molar-refractivity contribution in [3.63, 3.8) is 0 Å². The number of carbonyl (C=O) groups is 1. The fourth-order valence-corrected chi connectivity index (χ4v) is 3.99. The molecule has 3 rings (SSSR count). The highest BCUT2D eigenvalue weighted by molar-refractivity contribution is 7.80. The number of carbonyl (C=O) groups excluding carboxylic acids is 1. The van der Waals surface area contributed by atoms with Crippen LogP contribution in [0.3, 0.4) is 0 Å². The van der Waals surface area contributed by atoms with Crippen LogP contribution in [0.25, 0.3) is 11.3 Å². The van der Waals surface area contributed by atoms with E-state index in [4.69, 9.17) is 17.3 Å². The molecule has 1 amide bonds. The van der Waals surface area contributed by atoms with E-state index in [-0.39, 0.29) is 29.8 Å². The molecule has 0 aliphatic rings. The predicted octanol–water partition coefficient (Wildman–Crippen LogP) is 4.99. The Kier molecular flexibility index (Phi) is 8.14. The lowest BCUT2D eigenvalue weighted by Crippen LogP contribution is -2.23. The molecule has 2 atom stereocenters. The monoisotopic (exact) mass is 528 g/mol. The first-order valence-electron chi connectivity index (χ1n) is 10.1. The molecule has 186 valence electrons. The van der Waals surface area contributed by atoms with Gasteiger partial charge in [-0.25, -0.2) is 9.37 Å². The first-order chi connectivity index (χ1) is 16.4. The van der Waals surface area contributed by atoms with Crippen LogP contribution in [0.15, 0.2) is 54.6 Å². The topological polar surface area (TPSA) is 99.4 Å². The van der Waals surface area contributed by atoms with Crippen molar-refractivity contribution < 1.29 is 31.1 Å². The molecule has 0 saturated heterocycles. The molecule has 12 heteroatoms. The molecule has 0 bridgehead atoms. The average Bonchev–Trinajstić information content (AvgIpc) is 2.78. The molecule has 1 heterocycles. The van der Waals surface area contributed by atoms with Crippen LogP contribution < -0.4 is 10.0 Å². The lowest BCUT2D eigenvalue weighted by atomic mass is 9.90. The Morgan fingerprint density at radius 2 is 1.83 bits per heavy atom. The number of alkyl halides is 3. The second kappa shape index (κ2) is 10.7. The van der Waals surface area contributed by atoms with Gasteiger partial charge in [-0.3, -0.25) is 9.00 Å². The van der Waals surface area contributed by atoms with E-state index in [1.54, 1.807) is 0 Å². The number of nitrogens with two attached hydrogens (primary N) is 1.